The molecule has 0 aliphatic rings. The third kappa shape index (κ3) is 9.98. The molecule has 11 nitrogen and oxygen atoms in total. The molecule has 0 aliphatic carbocycles. The molecular formula is C35H43N7O4. The molecule has 0 fully saturated rings. The third-order valence-electron chi connectivity index (χ3n) is 6.52. The Balaban J connectivity index is 1.54. The predicted molar refractivity (Wildman–Crippen MR) is 180 cm³/mol. The number of nitrogens with zero attached hydrogens (tertiary/aromatic N) is 7. The van der Waals surface area contributed by atoms with Gasteiger partial charge in [-0.3, -0.25) is 9.80 Å². The second-order valence-corrected chi connectivity index (χ2v) is 12.7. The molecule has 46 heavy (non-hydrogen) atoms. The zero-order valence-corrected chi connectivity index (χ0v) is 27.7. The van der Waals surface area contributed by atoms with Crippen LogP contribution in [0.2, 0.25) is 0 Å². The number of aromatic nitrogens is 4. The number of anilines is 4. The lowest BCUT2D eigenvalue weighted by atomic mass is 10.2. The highest BCUT2D eigenvalue weighted by atomic mass is 16.6. The Bertz CT molecular complexity index is 1550. The van der Waals surface area contributed by atoms with E-state index in [-0.39, 0.29) is 6.54 Å². The van der Waals surface area contributed by atoms with E-state index in [1.165, 1.54) is 9.80 Å². The Morgan fingerprint density at radius 1 is 0.609 bits per heavy atom. The first-order valence-corrected chi connectivity index (χ1v) is 15.3. The number of rotatable bonds is 10. The molecule has 0 unspecified atom stereocenters. The maximum absolute atomic E-state index is 13.5. The Labute approximate surface area is 271 Å². The molecule has 4 aromatic heterocycles. The minimum atomic E-state index is -0.701. The van der Waals surface area contributed by atoms with Crippen LogP contribution in [0.4, 0.5) is 32.9 Å². The molecule has 4 rings (SSSR count). The summed E-state index contributed by atoms with van der Waals surface area (Å²) in [5.74, 6) is 2.47. The molecule has 0 aromatic carbocycles. The SMILES string of the molecule is CN(C(=O)OC(C)(C)C)c1cccc(CCN(C(=O)OC(C)(C)C)c2cccc(CCN(c3ccccn3)c3ccccn3)n2)n1. The van der Waals surface area contributed by atoms with E-state index in [0.29, 0.717) is 36.7 Å². The van der Waals surface area contributed by atoms with Gasteiger partial charge in [0.05, 0.1) is 0 Å². The van der Waals surface area contributed by atoms with Crippen molar-refractivity contribution in [1.29, 1.82) is 0 Å². The smallest absolute Gasteiger partial charge is 0.416 e. The van der Waals surface area contributed by atoms with Gasteiger partial charge in [0, 0.05) is 56.8 Å². The quantitative estimate of drug-likeness (QED) is 0.184. The van der Waals surface area contributed by atoms with Crippen LogP contribution in [-0.2, 0) is 22.3 Å². The molecule has 0 saturated carbocycles. The van der Waals surface area contributed by atoms with Crippen LogP contribution in [-0.4, -0.2) is 63.5 Å². The van der Waals surface area contributed by atoms with Crippen LogP contribution in [0.25, 0.3) is 0 Å². The van der Waals surface area contributed by atoms with E-state index in [1.807, 2.05) is 107 Å². The molecule has 11 heteroatoms. The van der Waals surface area contributed by atoms with Crippen molar-refractivity contribution in [2.75, 3.05) is 34.8 Å². The summed E-state index contributed by atoms with van der Waals surface area (Å²) in [6.45, 7) is 11.7. The first-order valence-electron chi connectivity index (χ1n) is 15.3. The number of carbonyl (C=O) groups is 2. The number of hydrogen-bond donors (Lipinski definition) is 0. The van der Waals surface area contributed by atoms with Crippen LogP contribution in [0.3, 0.4) is 0 Å². The largest absolute Gasteiger partial charge is 0.443 e. The van der Waals surface area contributed by atoms with Crippen molar-refractivity contribution in [2.45, 2.75) is 65.6 Å². The molecule has 2 amide bonds. The average molecular weight is 626 g/mol. The predicted octanol–water partition coefficient (Wildman–Crippen LogP) is 7.00. The van der Waals surface area contributed by atoms with Gasteiger partial charge in [-0.25, -0.2) is 29.5 Å². The molecule has 0 spiro atoms. The van der Waals surface area contributed by atoms with Crippen molar-refractivity contribution in [3.05, 3.63) is 96.6 Å². The molecule has 0 radical (unpaired) electrons. The van der Waals surface area contributed by atoms with E-state index in [9.17, 15) is 9.59 Å². The molecule has 0 aliphatic heterocycles. The van der Waals surface area contributed by atoms with Crippen LogP contribution in [0.5, 0.6) is 0 Å². The summed E-state index contributed by atoms with van der Waals surface area (Å²) in [4.78, 5) is 49.6. The van der Waals surface area contributed by atoms with Gasteiger partial charge in [-0.2, -0.15) is 0 Å². The highest BCUT2D eigenvalue weighted by molar-refractivity contribution is 5.87. The van der Waals surface area contributed by atoms with E-state index < -0.39 is 23.4 Å². The lowest BCUT2D eigenvalue weighted by molar-refractivity contribution is 0.0572. The molecule has 4 aromatic rings. The summed E-state index contributed by atoms with van der Waals surface area (Å²) in [7, 11) is 1.62. The Morgan fingerprint density at radius 2 is 1.09 bits per heavy atom. The van der Waals surface area contributed by atoms with Gasteiger partial charge in [-0.15, -0.1) is 0 Å². The van der Waals surface area contributed by atoms with Gasteiger partial charge in [0.1, 0.15) is 34.5 Å². The number of hydrogen-bond acceptors (Lipinski definition) is 9. The molecular weight excluding hydrogens is 582 g/mol. The van der Waals surface area contributed by atoms with Crippen molar-refractivity contribution >= 4 is 35.5 Å². The fourth-order valence-electron chi connectivity index (χ4n) is 4.42. The van der Waals surface area contributed by atoms with E-state index in [4.69, 9.17) is 14.5 Å². The maximum atomic E-state index is 13.5. The summed E-state index contributed by atoms with van der Waals surface area (Å²) in [6, 6.07) is 22.5. The van der Waals surface area contributed by atoms with Crippen molar-refractivity contribution in [1.82, 2.24) is 19.9 Å². The summed E-state index contributed by atoms with van der Waals surface area (Å²) in [6.07, 6.45) is 3.46. The van der Waals surface area contributed by atoms with Gasteiger partial charge in [0.25, 0.3) is 0 Å². The van der Waals surface area contributed by atoms with Crippen molar-refractivity contribution in [3.8, 4) is 0 Å². The van der Waals surface area contributed by atoms with E-state index in [1.54, 1.807) is 31.6 Å². The van der Waals surface area contributed by atoms with Gasteiger partial charge in [-0.05, 0) is 90.1 Å². The lowest BCUT2D eigenvalue weighted by Crippen LogP contribution is -2.39. The van der Waals surface area contributed by atoms with E-state index in [2.05, 4.69) is 15.0 Å². The lowest BCUT2D eigenvalue weighted by Gasteiger charge is -2.27. The normalized spacial score (nSPS) is 11.5. The minimum absolute atomic E-state index is 0.256. The number of amides is 2. The monoisotopic (exact) mass is 625 g/mol. The Hall–Kier alpha value is -5.06. The van der Waals surface area contributed by atoms with E-state index in [0.717, 1.165) is 17.3 Å². The molecule has 242 valence electrons. The fraction of sp³-hybridized carbons (Fsp3) is 0.371. The molecule has 0 atom stereocenters. The summed E-state index contributed by atoms with van der Waals surface area (Å²) in [5, 5.41) is 0. The summed E-state index contributed by atoms with van der Waals surface area (Å²) < 4.78 is 11.3. The molecule has 0 N–H and O–H groups in total. The first kappa shape index (κ1) is 33.8. The fourth-order valence-corrected chi connectivity index (χ4v) is 4.42. The van der Waals surface area contributed by atoms with Gasteiger partial charge < -0.3 is 14.4 Å². The second kappa shape index (κ2) is 14.8. The summed E-state index contributed by atoms with van der Waals surface area (Å²) in [5.41, 5.74) is 0.154. The van der Waals surface area contributed by atoms with Gasteiger partial charge in [0.2, 0.25) is 0 Å². The number of carbonyl (C=O) groups excluding carboxylic acids is 2. The Kier molecular flexibility index (Phi) is 10.9. The number of ether oxygens (including phenoxy) is 2. The van der Waals surface area contributed by atoms with Crippen LogP contribution in [0, 0.1) is 0 Å². The zero-order valence-electron chi connectivity index (χ0n) is 27.7. The van der Waals surface area contributed by atoms with Gasteiger partial charge >= 0.3 is 12.2 Å². The third-order valence-corrected chi connectivity index (χ3v) is 6.52. The van der Waals surface area contributed by atoms with Crippen LogP contribution in [0.1, 0.15) is 52.9 Å². The van der Waals surface area contributed by atoms with Crippen LogP contribution in [0.15, 0.2) is 85.2 Å². The van der Waals surface area contributed by atoms with Crippen molar-refractivity contribution in [2.24, 2.45) is 0 Å². The average Bonchev–Trinajstić information content (AvgIpc) is 3.00. The van der Waals surface area contributed by atoms with Crippen LogP contribution >= 0.6 is 0 Å². The topological polar surface area (TPSA) is 114 Å². The minimum Gasteiger partial charge on any atom is -0.443 e. The van der Waals surface area contributed by atoms with Crippen LogP contribution < -0.4 is 14.7 Å². The standard InChI is InChI=1S/C35H43N7O4/c1-34(2,3)45-32(43)40(7)30-18-12-14-26(38-30)21-25-42(33(44)46-35(4,5)6)31-19-13-15-27(39-31)20-24-41(28-16-8-10-22-36-28)29-17-9-11-23-37-29/h8-19,22-23H,20-21,24-25H2,1-7H3. The van der Waals surface area contributed by atoms with E-state index >= 15 is 0 Å². The molecule has 0 bridgehead atoms. The second-order valence-electron chi connectivity index (χ2n) is 12.7. The van der Waals surface area contributed by atoms with Gasteiger partial charge in [-0.1, -0.05) is 24.3 Å². The van der Waals surface area contributed by atoms with Gasteiger partial charge in [0.15, 0.2) is 0 Å². The zero-order chi connectivity index (χ0) is 33.3. The maximum Gasteiger partial charge on any atom is 0.416 e. The highest BCUT2D eigenvalue weighted by Crippen LogP contribution is 2.23. The molecule has 4 heterocycles. The first-order chi connectivity index (χ1) is 21.8. The Morgan fingerprint density at radius 3 is 1.61 bits per heavy atom. The summed E-state index contributed by atoms with van der Waals surface area (Å²) >= 11 is 0. The molecule has 0 saturated heterocycles. The number of pyridine rings is 4. The van der Waals surface area contributed by atoms with Crippen molar-refractivity contribution < 1.29 is 19.1 Å². The highest BCUT2D eigenvalue weighted by Gasteiger charge is 2.25. The van der Waals surface area contributed by atoms with Crippen molar-refractivity contribution in [3.63, 3.8) is 0 Å².